The standard InChI is InChI=1S/C12H24O2/c1-3-5-6-7-9-12(14)10-11(13)8-4-2/h11,13H,3-10H2,1-2H3/t11-/m1/s1. The van der Waals surface area contributed by atoms with Gasteiger partial charge in [0.2, 0.25) is 0 Å². The topological polar surface area (TPSA) is 37.3 Å². The van der Waals surface area contributed by atoms with E-state index in [-0.39, 0.29) is 5.78 Å². The van der Waals surface area contributed by atoms with Crippen molar-refractivity contribution in [3.63, 3.8) is 0 Å². The normalized spacial score (nSPS) is 12.8. The Balaban J connectivity index is 3.35. The number of aliphatic hydroxyl groups is 1. The molecule has 0 bridgehead atoms. The van der Waals surface area contributed by atoms with E-state index in [0.717, 1.165) is 25.7 Å². The van der Waals surface area contributed by atoms with Gasteiger partial charge in [-0.3, -0.25) is 4.79 Å². The second-order valence-electron chi connectivity index (χ2n) is 4.00. The summed E-state index contributed by atoms with van der Waals surface area (Å²) >= 11 is 0. The number of rotatable bonds is 9. The maximum Gasteiger partial charge on any atom is 0.135 e. The van der Waals surface area contributed by atoms with Crippen LogP contribution in [0.2, 0.25) is 0 Å². The highest BCUT2D eigenvalue weighted by atomic mass is 16.3. The van der Waals surface area contributed by atoms with Crippen molar-refractivity contribution >= 4 is 5.78 Å². The van der Waals surface area contributed by atoms with Gasteiger partial charge in [-0.15, -0.1) is 0 Å². The highest BCUT2D eigenvalue weighted by Gasteiger charge is 2.09. The summed E-state index contributed by atoms with van der Waals surface area (Å²) in [6.45, 7) is 4.18. The SMILES string of the molecule is CCCCCCC(=O)C[C@H](O)CCC. The lowest BCUT2D eigenvalue weighted by atomic mass is 10.0. The van der Waals surface area contributed by atoms with Gasteiger partial charge in [-0.25, -0.2) is 0 Å². The Morgan fingerprint density at radius 2 is 1.86 bits per heavy atom. The zero-order valence-electron chi connectivity index (χ0n) is 9.59. The summed E-state index contributed by atoms with van der Waals surface area (Å²) in [5, 5.41) is 9.40. The van der Waals surface area contributed by atoms with Gasteiger partial charge in [0.1, 0.15) is 5.78 Å². The Morgan fingerprint density at radius 3 is 2.43 bits per heavy atom. The van der Waals surface area contributed by atoms with Gasteiger partial charge in [0.15, 0.2) is 0 Å². The van der Waals surface area contributed by atoms with Crippen LogP contribution >= 0.6 is 0 Å². The van der Waals surface area contributed by atoms with Crippen LogP contribution < -0.4 is 0 Å². The monoisotopic (exact) mass is 200 g/mol. The summed E-state index contributed by atoms with van der Waals surface area (Å²) in [7, 11) is 0. The van der Waals surface area contributed by atoms with Gasteiger partial charge in [-0.05, 0) is 12.8 Å². The van der Waals surface area contributed by atoms with E-state index in [1.165, 1.54) is 12.8 Å². The molecule has 0 fully saturated rings. The van der Waals surface area contributed by atoms with Gasteiger partial charge in [-0.1, -0.05) is 39.5 Å². The van der Waals surface area contributed by atoms with Gasteiger partial charge >= 0.3 is 0 Å². The number of carbonyl (C=O) groups excluding carboxylic acids is 1. The van der Waals surface area contributed by atoms with Gasteiger partial charge < -0.3 is 5.11 Å². The van der Waals surface area contributed by atoms with Gasteiger partial charge in [-0.2, -0.15) is 0 Å². The molecule has 0 unspecified atom stereocenters. The first-order valence-electron chi connectivity index (χ1n) is 5.90. The number of ketones is 1. The van der Waals surface area contributed by atoms with E-state index in [9.17, 15) is 9.90 Å². The molecule has 0 aliphatic rings. The molecule has 0 heterocycles. The third-order valence-corrected chi connectivity index (χ3v) is 2.39. The Kier molecular flexibility index (Phi) is 8.95. The van der Waals surface area contributed by atoms with Gasteiger partial charge in [0, 0.05) is 12.8 Å². The molecule has 1 atom stereocenters. The quantitative estimate of drug-likeness (QED) is 0.581. The maximum atomic E-state index is 11.3. The molecular weight excluding hydrogens is 176 g/mol. The lowest BCUT2D eigenvalue weighted by Gasteiger charge is -2.07. The summed E-state index contributed by atoms with van der Waals surface area (Å²) in [5.74, 6) is 0.224. The van der Waals surface area contributed by atoms with E-state index in [1.807, 2.05) is 6.92 Å². The average Bonchev–Trinajstić information content (AvgIpc) is 2.13. The van der Waals surface area contributed by atoms with Crippen molar-refractivity contribution in [3.05, 3.63) is 0 Å². The summed E-state index contributed by atoms with van der Waals surface area (Å²) in [5.41, 5.74) is 0. The fourth-order valence-corrected chi connectivity index (χ4v) is 1.55. The summed E-state index contributed by atoms with van der Waals surface area (Å²) in [6.07, 6.45) is 6.86. The molecule has 0 saturated heterocycles. The fraction of sp³-hybridized carbons (Fsp3) is 0.917. The van der Waals surface area contributed by atoms with Crippen LogP contribution in [0, 0.1) is 0 Å². The predicted octanol–water partition coefficient (Wildman–Crippen LogP) is 3.08. The minimum absolute atomic E-state index is 0.224. The molecule has 0 spiro atoms. The number of aliphatic hydroxyl groups excluding tert-OH is 1. The van der Waals surface area contributed by atoms with Crippen molar-refractivity contribution in [2.24, 2.45) is 0 Å². The molecular formula is C12H24O2. The highest BCUT2D eigenvalue weighted by molar-refractivity contribution is 5.78. The zero-order valence-corrected chi connectivity index (χ0v) is 9.59. The van der Waals surface area contributed by atoms with Gasteiger partial charge in [0.05, 0.1) is 6.10 Å². The van der Waals surface area contributed by atoms with Crippen molar-refractivity contribution in [1.82, 2.24) is 0 Å². The molecule has 0 aromatic rings. The van der Waals surface area contributed by atoms with E-state index in [2.05, 4.69) is 6.92 Å². The van der Waals surface area contributed by atoms with Crippen LogP contribution in [-0.2, 0) is 4.79 Å². The van der Waals surface area contributed by atoms with Crippen LogP contribution in [0.15, 0.2) is 0 Å². The molecule has 0 radical (unpaired) electrons. The Bertz CT molecular complexity index is 143. The molecule has 0 aromatic carbocycles. The van der Waals surface area contributed by atoms with E-state index < -0.39 is 6.10 Å². The van der Waals surface area contributed by atoms with Crippen molar-refractivity contribution in [3.8, 4) is 0 Å². The summed E-state index contributed by atoms with van der Waals surface area (Å²) < 4.78 is 0. The molecule has 0 aromatic heterocycles. The average molecular weight is 200 g/mol. The number of hydrogen-bond donors (Lipinski definition) is 1. The third kappa shape index (κ3) is 8.24. The number of carbonyl (C=O) groups is 1. The maximum absolute atomic E-state index is 11.3. The number of hydrogen-bond acceptors (Lipinski definition) is 2. The van der Waals surface area contributed by atoms with Crippen molar-refractivity contribution in [2.75, 3.05) is 0 Å². The van der Waals surface area contributed by atoms with Crippen LogP contribution in [0.25, 0.3) is 0 Å². The van der Waals surface area contributed by atoms with Crippen LogP contribution in [0.4, 0.5) is 0 Å². The van der Waals surface area contributed by atoms with E-state index in [4.69, 9.17) is 0 Å². The summed E-state index contributed by atoms with van der Waals surface area (Å²) in [6, 6.07) is 0. The Morgan fingerprint density at radius 1 is 1.14 bits per heavy atom. The van der Waals surface area contributed by atoms with Crippen molar-refractivity contribution in [1.29, 1.82) is 0 Å². The molecule has 0 aliphatic heterocycles. The molecule has 1 N–H and O–H groups in total. The van der Waals surface area contributed by atoms with Crippen LogP contribution in [0.3, 0.4) is 0 Å². The molecule has 2 heteroatoms. The molecule has 0 aliphatic carbocycles. The second kappa shape index (κ2) is 9.20. The first-order valence-corrected chi connectivity index (χ1v) is 5.90. The largest absolute Gasteiger partial charge is 0.393 e. The zero-order chi connectivity index (χ0) is 10.8. The molecule has 2 nitrogen and oxygen atoms in total. The minimum atomic E-state index is -0.404. The molecule has 0 saturated carbocycles. The minimum Gasteiger partial charge on any atom is -0.393 e. The molecule has 0 amide bonds. The van der Waals surface area contributed by atoms with E-state index in [1.54, 1.807) is 0 Å². The first kappa shape index (κ1) is 13.6. The smallest absolute Gasteiger partial charge is 0.135 e. The van der Waals surface area contributed by atoms with Crippen LogP contribution in [0.1, 0.15) is 65.2 Å². The predicted molar refractivity (Wildman–Crippen MR) is 59.3 cm³/mol. The second-order valence-corrected chi connectivity index (χ2v) is 4.00. The highest BCUT2D eigenvalue weighted by Crippen LogP contribution is 2.08. The molecule has 84 valence electrons. The van der Waals surface area contributed by atoms with Gasteiger partial charge in [0.25, 0.3) is 0 Å². The van der Waals surface area contributed by atoms with Crippen molar-refractivity contribution < 1.29 is 9.90 Å². The lowest BCUT2D eigenvalue weighted by molar-refractivity contribution is -0.121. The number of Topliss-reactive ketones (excluding diaryl/α,β-unsaturated/α-hetero) is 1. The third-order valence-electron chi connectivity index (χ3n) is 2.39. The van der Waals surface area contributed by atoms with E-state index >= 15 is 0 Å². The molecule has 14 heavy (non-hydrogen) atoms. The molecule has 0 rings (SSSR count). The fourth-order valence-electron chi connectivity index (χ4n) is 1.55. The van der Waals surface area contributed by atoms with Crippen LogP contribution in [0.5, 0.6) is 0 Å². The van der Waals surface area contributed by atoms with Crippen LogP contribution in [-0.4, -0.2) is 17.0 Å². The Hall–Kier alpha value is -0.370. The first-order chi connectivity index (χ1) is 6.70. The van der Waals surface area contributed by atoms with E-state index in [0.29, 0.717) is 12.8 Å². The Labute approximate surface area is 87.7 Å². The number of unbranched alkanes of at least 4 members (excludes halogenated alkanes) is 3. The lowest BCUT2D eigenvalue weighted by Crippen LogP contribution is -2.12. The summed E-state index contributed by atoms with van der Waals surface area (Å²) in [4.78, 5) is 11.3. The van der Waals surface area contributed by atoms with Crippen molar-refractivity contribution in [2.45, 2.75) is 71.3 Å².